The number of ether oxygens (including phenoxy) is 1. The molecule has 1 heterocycles. The van der Waals surface area contributed by atoms with Crippen molar-refractivity contribution in [3.05, 3.63) is 47.4 Å². The van der Waals surface area contributed by atoms with Gasteiger partial charge in [-0.1, -0.05) is 6.07 Å². The molecule has 0 bridgehead atoms. The fourth-order valence-corrected chi connectivity index (χ4v) is 1.55. The van der Waals surface area contributed by atoms with Crippen molar-refractivity contribution in [1.29, 1.82) is 0 Å². The van der Waals surface area contributed by atoms with Gasteiger partial charge in [-0.05, 0) is 12.1 Å². The number of benzene rings is 1. The van der Waals surface area contributed by atoms with Crippen LogP contribution in [0.4, 0.5) is 4.39 Å². The fourth-order valence-electron chi connectivity index (χ4n) is 1.55. The molecule has 2 aromatic rings. The number of hydrogen-bond acceptors (Lipinski definition) is 3. The second-order valence-electron chi connectivity index (χ2n) is 3.75. The Balaban J connectivity index is 2.20. The molecular formula is C12H12FN3O2. The van der Waals surface area contributed by atoms with Crippen LogP contribution in [0.25, 0.3) is 0 Å². The van der Waals surface area contributed by atoms with Crippen molar-refractivity contribution >= 4 is 5.91 Å². The maximum atomic E-state index is 13.6. The number of halogens is 1. The van der Waals surface area contributed by atoms with Crippen LogP contribution in [-0.4, -0.2) is 15.7 Å². The van der Waals surface area contributed by atoms with Crippen LogP contribution >= 0.6 is 0 Å². The lowest BCUT2D eigenvalue weighted by atomic mass is 10.1. The van der Waals surface area contributed by atoms with Crippen LogP contribution < -0.4 is 10.5 Å². The molecule has 6 heteroatoms. The third-order valence-corrected chi connectivity index (χ3v) is 2.44. The van der Waals surface area contributed by atoms with Crippen molar-refractivity contribution < 1.29 is 13.9 Å². The summed E-state index contributed by atoms with van der Waals surface area (Å²) in [6.07, 6.45) is 1.70. The summed E-state index contributed by atoms with van der Waals surface area (Å²) in [5.74, 6) is -0.854. The average Bonchev–Trinajstić information content (AvgIpc) is 2.73. The van der Waals surface area contributed by atoms with Gasteiger partial charge in [-0.15, -0.1) is 5.10 Å². The SMILES string of the molecule is Cn1ccc(OCc2c(F)cccc2C(N)=O)n1. The summed E-state index contributed by atoms with van der Waals surface area (Å²) in [6.45, 7) is -0.0953. The Morgan fingerprint density at radius 2 is 2.28 bits per heavy atom. The molecule has 2 rings (SSSR count). The van der Waals surface area contributed by atoms with E-state index >= 15 is 0 Å². The number of aryl methyl sites for hydroxylation is 1. The summed E-state index contributed by atoms with van der Waals surface area (Å²) in [4.78, 5) is 11.2. The second kappa shape index (κ2) is 4.87. The summed E-state index contributed by atoms with van der Waals surface area (Å²) < 4.78 is 20.5. The molecule has 18 heavy (non-hydrogen) atoms. The monoisotopic (exact) mass is 249 g/mol. The maximum absolute atomic E-state index is 13.6. The van der Waals surface area contributed by atoms with E-state index in [9.17, 15) is 9.18 Å². The Hall–Kier alpha value is -2.37. The molecule has 5 nitrogen and oxygen atoms in total. The van der Waals surface area contributed by atoms with E-state index in [1.165, 1.54) is 18.2 Å². The van der Waals surface area contributed by atoms with Crippen LogP contribution in [0.3, 0.4) is 0 Å². The molecule has 1 aromatic carbocycles. The first-order chi connectivity index (χ1) is 8.58. The predicted molar refractivity (Wildman–Crippen MR) is 62.5 cm³/mol. The predicted octanol–water partition coefficient (Wildman–Crippen LogP) is 1.24. The number of nitrogens with two attached hydrogens (primary N) is 1. The quantitative estimate of drug-likeness (QED) is 0.886. The lowest BCUT2D eigenvalue weighted by Crippen LogP contribution is -2.16. The van der Waals surface area contributed by atoms with Crippen molar-refractivity contribution in [2.75, 3.05) is 0 Å². The van der Waals surface area contributed by atoms with Gasteiger partial charge in [-0.25, -0.2) is 4.39 Å². The number of rotatable bonds is 4. The first-order valence-corrected chi connectivity index (χ1v) is 5.27. The third-order valence-electron chi connectivity index (χ3n) is 2.44. The van der Waals surface area contributed by atoms with Crippen molar-refractivity contribution in [1.82, 2.24) is 9.78 Å². The van der Waals surface area contributed by atoms with Crippen LogP contribution in [0.15, 0.2) is 30.5 Å². The van der Waals surface area contributed by atoms with Gasteiger partial charge < -0.3 is 10.5 Å². The molecule has 0 unspecified atom stereocenters. The van der Waals surface area contributed by atoms with Crippen molar-refractivity contribution in [2.45, 2.75) is 6.61 Å². The molecule has 0 aliphatic heterocycles. The van der Waals surface area contributed by atoms with E-state index in [4.69, 9.17) is 10.5 Å². The zero-order valence-corrected chi connectivity index (χ0v) is 9.76. The maximum Gasteiger partial charge on any atom is 0.249 e. The van der Waals surface area contributed by atoms with Gasteiger partial charge in [-0.2, -0.15) is 0 Å². The Morgan fingerprint density at radius 3 is 2.89 bits per heavy atom. The van der Waals surface area contributed by atoms with Gasteiger partial charge in [0.1, 0.15) is 12.4 Å². The molecule has 2 N–H and O–H groups in total. The van der Waals surface area contributed by atoms with Crippen LogP contribution in [-0.2, 0) is 13.7 Å². The molecule has 1 aromatic heterocycles. The third kappa shape index (κ3) is 2.48. The zero-order valence-electron chi connectivity index (χ0n) is 9.76. The van der Waals surface area contributed by atoms with Gasteiger partial charge in [0.05, 0.1) is 0 Å². The Morgan fingerprint density at radius 1 is 1.50 bits per heavy atom. The van der Waals surface area contributed by atoms with Gasteiger partial charge in [-0.3, -0.25) is 9.48 Å². The van der Waals surface area contributed by atoms with Crippen molar-refractivity contribution in [3.63, 3.8) is 0 Å². The highest BCUT2D eigenvalue weighted by atomic mass is 19.1. The number of hydrogen-bond donors (Lipinski definition) is 1. The summed E-state index contributed by atoms with van der Waals surface area (Å²) >= 11 is 0. The van der Waals surface area contributed by atoms with Gasteiger partial charge in [0.25, 0.3) is 0 Å². The number of primary amides is 1. The molecule has 0 fully saturated rings. The molecule has 0 saturated carbocycles. The molecule has 0 saturated heterocycles. The molecule has 94 valence electrons. The Bertz CT molecular complexity index is 580. The minimum Gasteiger partial charge on any atom is -0.472 e. The van der Waals surface area contributed by atoms with Gasteiger partial charge in [0.15, 0.2) is 0 Å². The molecule has 0 aliphatic rings. The molecule has 1 amide bonds. The van der Waals surface area contributed by atoms with E-state index in [0.717, 1.165) is 0 Å². The number of carbonyl (C=O) groups excluding carboxylic acids is 1. The van der Waals surface area contributed by atoms with Crippen molar-refractivity contribution in [2.24, 2.45) is 12.8 Å². The second-order valence-corrected chi connectivity index (χ2v) is 3.75. The normalized spacial score (nSPS) is 10.3. The largest absolute Gasteiger partial charge is 0.472 e. The number of carbonyl (C=O) groups is 1. The minimum absolute atomic E-state index is 0.0953. The van der Waals surface area contributed by atoms with Gasteiger partial charge >= 0.3 is 0 Å². The summed E-state index contributed by atoms with van der Waals surface area (Å²) in [5, 5.41) is 3.99. The lowest BCUT2D eigenvalue weighted by Gasteiger charge is -2.08. The van der Waals surface area contributed by atoms with Gasteiger partial charge in [0.2, 0.25) is 11.8 Å². The first kappa shape index (κ1) is 12.1. The summed E-state index contributed by atoms with van der Waals surface area (Å²) in [7, 11) is 1.74. The van der Waals surface area contributed by atoms with Crippen LogP contribution in [0.5, 0.6) is 5.88 Å². The highest BCUT2D eigenvalue weighted by Gasteiger charge is 2.13. The number of nitrogens with zero attached hydrogens (tertiary/aromatic N) is 2. The standard InChI is InChI=1S/C12H12FN3O2/c1-16-6-5-11(15-16)18-7-9-8(12(14)17)3-2-4-10(9)13/h2-6H,7H2,1H3,(H2,14,17). The van der Waals surface area contributed by atoms with E-state index in [1.807, 2.05) is 0 Å². The first-order valence-electron chi connectivity index (χ1n) is 5.27. The van der Waals surface area contributed by atoms with E-state index in [1.54, 1.807) is 24.0 Å². The van der Waals surface area contributed by atoms with Crippen LogP contribution in [0.1, 0.15) is 15.9 Å². The molecular weight excluding hydrogens is 237 g/mol. The average molecular weight is 249 g/mol. The topological polar surface area (TPSA) is 70.1 Å². The summed E-state index contributed by atoms with van der Waals surface area (Å²) in [6, 6.07) is 5.79. The van der Waals surface area contributed by atoms with Gasteiger partial charge in [0, 0.05) is 30.4 Å². The number of aromatic nitrogens is 2. The fraction of sp³-hybridized carbons (Fsp3) is 0.167. The van der Waals surface area contributed by atoms with E-state index in [2.05, 4.69) is 5.10 Å². The van der Waals surface area contributed by atoms with Crippen LogP contribution in [0, 0.1) is 5.82 Å². The highest BCUT2D eigenvalue weighted by molar-refractivity contribution is 5.94. The Kier molecular flexibility index (Phi) is 3.27. The molecule has 0 spiro atoms. The summed E-state index contributed by atoms with van der Waals surface area (Å²) in [5.41, 5.74) is 5.43. The highest BCUT2D eigenvalue weighted by Crippen LogP contribution is 2.16. The molecule has 0 radical (unpaired) electrons. The smallest absolute Gasteiger partial charge is 0.249 e. The van der Waals surface area contributed by atoms with E-state index in [0.29, 0.717) is 5.88 Å². The minimum atomic E-state index is -0.686. The van der Waals surface area contributed by atoms with Crippen LogP contribution in [0.2, 0.25) is 0 Å². The Labute approximate surface area is 103 Å². The molecule has 0 atom stereocenters. The number of amides is 1. The van der Waals surface area contributed by atoms with Crippen molar-refractivity contribution in [3.8, 4) is 5.88 Å². The molecule has 0 aliphatic carbocycles. The lowest BCUT2D eigenvalue weighted by molar-refractivity contribution is 0.0997. The van der Waals surface area contributed by atoms with E-state index in [-0.39, 0.29) is 17.7 Å². The van der Waals surface area contributed by atoms with E-state index < -0.39 is 11.7 Å². The zero-order chi connectivity index (χ0) is 13.1.